The Morgan fingerprint density at radius 1 is 1.00 bits per heavy atom. The first-order valence-corrected chi connectivity index (χ1v) is 7.26. The molecule has 0 N–H and O–H groups in total. The maximum atomic E-state index is 4.53. The lowest BCUT2D eigenvalue weighted by molar-refractivity contribution is -0.0230. The van der Waals surface area contributed by atoms with Gasteiger partial charge in [0, 0.05) is 0 Å². The first kappa shape index (κ1) is 11.5. The minimum Gasteiger partial charge on any atom is -0.238 e. The molecule has 0 amide bonds. The first-order valence-electron chi connectivity index (χ1n) is 7.26. The van der Waals surface area contributed by atoms with Crippen molar-refractivity contribution in [2.24, 2.45) is 28.2 Å². The Balaban J connectivity index is 1.81. The first-order chi connectivity index (χ1) is 7.94. The van der Waals surface area contributed by atoms with Crippen molar-refractivity contribution >= 4 is 5.87 Å². The quantitative estimate of drug-likeness (QED) is 0.599. The Labute approximate surface area is 105 Å². The van der Waals surface area contributed by atoms with E-state index in [1.807, 2.05) is 0 Å². The van der Waals surface area contributed by atoms with Crippen LogP contribution >= 0.6 is 0 Å². The largest absolute Gasteiger partial charge is 0.238 e. The molecule has 0 aromatic carbocycles. The highest BCUT2D eigenvalue weighted by Crippen LogP contribution is 2.60. The lowest BCUT2D eigenvalue weighted by Gasteiger charge is -2.55. The van der Waals surface area contributed by atoms with Crippen molar-refractivity contribution < 1.29 is 0 Å². The topological polar surface area (TPSA) is 12.4 Å². The van der Waals surface area contributed by atoms with E-state index in [9.17, 15) is 0 Å². The smallest absolute Gasteiger partial charge is 0.0617 e. The van der Waals surface area contributed by atoms with Crippen LogP contribution in [0.25, 0.3) is 0 Å². The molecule has 17 heavy (non-hydrogen) atoms. The molecular formula is C16H25N. The minimum absolute atomic E-state index is 0.0266. The van der Waals surface area contributed by atoms with Gasteiger partial charge in [-0.15, -0.1) is 0 Å². The highest BCUT2D eigenvalue weighted by molar-refractivity contribution is 5.54. The Morgan fingerprint density at radius 2 is 1.47 bits per heavy atom. The molecule has 0 aromatic heterocycles. The van der Waals surface area contributed by atoms with E-state index in [0.717, 1.165) is 17.8 Å². The summed E-state index contributed by atoms with van der Waals surface area (Å²) < 4.78 is 0. The van der Waals surface area contributed by atoms with Crippen molar-refractivity contribution in [3.63, 3.8) is 0 Å². The maximum Gasteiger partial charge on any atom is 0.0617 e. The number of aliphatic imine (C=N–C) groups is 1. The third kappa shape index (κ3) is 2.36. The molecule has 4 bridgehead atoms. The van der Waals surface area contributed by atoms with Gasteiger partial charge in [-0.3, -0.25) is 0 Å². The molecule has 4 fully saturated rings. The third-order valence-electron chi connectivity index (χ3n) is 4.86. The van der Waals surface area contributed by atoms with Gasteiger partial charge in [-0.05, 0) is 94.4 Å². The van der Waals surface area contributed by atoms with E-state index in [4.69, 9.17) is 0 Å². The fraction of sp³-hybridized carbons (Fsp3) is 0.875. The molecule has 0 unspecified atom stereocenters. The molecule has 0 saturated heterocycles. The van der Waals surface area contributed by atoms with E-state index in [0.29, 0.717) is 5.41 Å². The summed E-state index contributed by atoms with van der Waals surface area (Å²) in [6, 6.07) is 0. The Hall–Kier alpha value is -0.550. The van der Waals surface area contributed by atoms with Crippen LogP contribution in [0.4, 0.5) is 0 Å². The summed E-state index contributed by atoms with van der Waals surface area (Å²) in [7, 11) is 0. The molecule has 4 aliphatic rings. The van der Waals surface area contributed by atoms with Gasteiger partial charge in [0.2, 0.25) is 0 Å². The van der Waals surface area contributed by atoms with E-state index in [-0.39, 0.29) is 5.54 Å². The van der Waals surface area contributed by atoms with Gasteiger partial charge < -0.3 is 0 Å². The molecule has 1 nitrogen and oxygen atoms in total. The van der Waals surface area contributed by atoms with Crippen LogP contribution in [0.1, 0.15) is 59.3 Å². The van der Waals surface area contributed by atoms with Gasteiger partial charge in [0.15, 0.2) is 0 Å². The SMILES string of the molecule is CC(C)(C)N=C=CC12CC3CC(CC(C3)C1)C2. The van der Waals surface area contributed by atoms with Gasteiger partial charge in [0.1, 0.15) is 0 Å². The number of rotatable bonds is 1. The zero-order chi connectivity index (χ0) is 12.1. The average molecular weight is 231 g/mol. The average Bonchev–Trinajstić information content (AvgIpc) is 2.11. The molecule has 4 aliphatic carbocycles. The molecule has 0 heterocycles. The summed E-state index contributed by atoms with van der Waals surface area (Å²) in [6.45, 7) is 6.44. The molecule has 4 rings (SSSR count). The fourth-order valence-corrected chi connectivity index (χ4v) is 4.72. The van der Waals surface area contributed by atoms with E-state index >= 15 is 0 Å². The van der Waals surface area contributed by atoms with Crippen LogP contribution in [0, 0.1) is 23.2 Å². The summed E-state index contributed by atoms with van der Waals surface area (Å²) in [5, 5.41) is 0. The molecule has 0 aliphatic heterocycles. The third-order valence-corrected chi connectivity index (χ3v) is 4.86. The molecule has 0 aromatic rings. The summed E-state index contributed by atoms with van der Waals surface area (Å²) in [5.41, 5.74) is 0.516. The van der Waals surface area contributed by atoms with Gasteiger partial charge in [-0.2, -0.15) is 0 Å². The van der Waals surface area contributed by atoms with Gasteiger partial charge in [0.05, 0.1) is 5.54 Å². The predicted octanol–water partition coefficient (Wildman–Crippen LogP) is 4.23. The van der Waals surface area contributed by atoms with Crippen LogP contribution in [0.5, 0.6) is 0 Å². The van der Waals surface area contributed by atoms with Crippen molar-refractivity contribution in [3.8, 4) is 0 Å². The molecular weight excluding hydrogens is 206 g/mol. The van der Waals surface area contributed by atoms with Crippen molar-refractivity contribution in [2.75, 3.05) is 0 Å². The van der Waals surface area contributed by atoms with Crippen molar-refractivity contribution in [3.05, 3.63) is 6.08 Å². The van der Waals surface area contributed by atoms with Crippen molar-refractivity contribution in [2.45, 2.75) is 64.8 Å². The number of nitrogens with zero attached hydrogens (tertiary/aromatic N) is 1. The van der Waals surface area contributed by atoms with Crippen LogP contribution in [0.3, 0.4) is 0 Å². The molecule has 4 saturated carbocycles. The Kier molecular flexibility index (Phi) is 2.52. The van der Waals surface area contributed by atoms with E-state index < -0.39 is 0 Å². The summed E-state index contributed by atoms with van der Waals surface area (Å²) in [4.78, 5) is 4.53. The van der Waals surface area contributed by atoms with Crippen LogP contribution in [0.15, 0.2) is 11.1 Å². The highest BCUT2D eigenvalue weighted by Gasteiger charge is 2.49. The highest BCUT2D eigenvalue weighted by atomic mass is 14.8. The van der Waals surface area contributed by atoms with Gasteiger partial charge >= 0.3 is 0 Å². The maximum absolute atomic E-state index is 4.53. The summed E-state index contributed by atoms with van der Waals surface area (Å²) >= 11 is 0. The lowest BCUT2D eigenvalue weighted by Crippen LogP contribution is -2.45. The van der Waals surface area contributed by atoms with Gasteiger partial charge in [0.25, 0.3) is 0 Å². The van der Waals surface area contributed by atoms with Crippen LogP contribution in [-0.2, 0) is 0 Å². The predicted molar refractivity (Wildman–Crippen MR) is 72.4 cm³/mol. The zero-order valence-corrected chi connectivity index (χ0v) is 11.5. The number of allylic oxidation sites excluding steroid dienone is 1. The second kappa shape index (κ2) is 3.72. The Morgan fingerprint density at radius 3 is 1.88 bits per heavy atom. The second-order valence-corrected chi connectivity index (χ2v) is 7.84. The Bertz CT molecular complexity index is 330. The molecule has 1 heteroatoms. The fourth-order valence-electron chi connectivity index (χ4n) is 4.72. The summed E-state index contributed by atoms with van der Waals surface area (Å²) in [6.07, 6.45) is 11.2. The van der Waals surface area contributed by atoms with E-state index in [2.05, 4.69) is 37.7 Å². The normalized spacial score (nSPS) is 43.4. The van der Waals surface area contributed by atoms with Crippen molar-refractivity contribution in [1.29, 1.82) is 0 Å². The summed E-state index contributed by atoms with van der Waals surface area (Å²) in [5.74, 6) is 6.35. The zero-order valence-electron chi connectivity index (χ0n) is 11.5. The molecule has 0 radical (unpaired) electrons. The van der Waals surface area contributed by atoms with Gasteiger partial charge in [-0.25, -0.2) is 4.99 Å². The van der Waals surface area contributed by atoms with Crippen molar-refractivity contribution in [1.82, 2.24) is 0 Å². The number of hydrogen-bond donors (Lipinski definition) is 0. The number of hydrogen-bond acceptors (Lipinski definition) is 1. The molecule has 94 valence electrons. The van der Waals surface area contributed by atoms with Gasteiger partial charge in [-0.1, -0.05) is 0 Å². The molecule has 0 atom stereocenters. The van der Waals surface area contributed by atoms with Crippen LogP contribution in [-0.4, -0.2) is 11.4 Å². The second-order valence-electron chi connectivity index (χ2n) is 7.84. The van der Waals surface area contributed by atoms with E-state index in [1.165, 1.54) is 38.5 Å². The van der Waals surface area contributed by atoms with E-state index in [1.54, 1.807) is 0 Å². The molecule has 0 spiro atoms. The minimum atomic E-state index is 0.0266. The van der Waals surface area contributed by atoms with Crippen LogP contribution < -0.4 is 0 Å². The monoisotopic (exact) mass is 231 g/mol. The standard InChI is InChI=1S/C16H25N/c1-15(2,3)17-5-4-16-9-12-6-13(10-16)8-14(7-12)11-16/h4,12-14H,6-11H2,1-3H3. The van der Waals surface area contributed by atoms with Crippen LogP contribution in [0.2, 0.25) is 0 Å². The lowest BCUT2D eigenvalue weighted by atomic mass is 9.50.